The average Bonchev–Trinajstić information content (AvgIpc) is 2.37. The van der Waals surface area contributed by atoms with Crippen LogP contribution >= 0.6 is 11.6 Å². The summed E-state index contributed by atoms with van der Waals surface area (Å²) in [5.74, 6) is -0.368. The fourth-order valence-corrected chi connectivity index (χ4v) is 1.97. The average molecular weight is 274 g/mol. The first-order valence-corrected chi connectivity index (χ1v) is 6.74. The maximum absolute atomic E-state index is 13.0. The second kappa shape index (κ2) is 8.46. The van der Waals surface area contributed by atoms with Crippen molar-refractivity contribution in [2.45, 2.75) is 32.2 Å². The number of hydrogen-bond donors (Lipinski definition) is 1. The standard InChI is InChI=1S/C14H21ClFNO/c1-3-7-18-8-6-12(17-2)9-11-4-5-14(16)13(15)10-11/h4-5,10,12,17H,3,6-9H2,1-2H3. The quantitative estimate of drug-likeness (QED) is 0.733. The Morgan fingerprint density at radius 3 is 2.78 bits per heavy atom. The molecule has 0 bridgehead atoms. The third-order valence-electron chi connectivity index (χ3n) is 2.83. The topological polar surface area (TPSA) is 21.3 Å². The maximum Gasteiger partial charge on any atom is 0.141 e. The molecule has 0 aromatic heterocycles. The molecule has 4 heteroatoms. The largest absolute Gasteiger partial charge is 0.381 e. The molecule has 0 heterocycles. The molecule has 1 aromatic rings. The molecule has 1 N–H and O–H groups in total. The van der Waals surface area contributed by atoms with Gasteiger partial charge in [-0.1, -0.05) is 24.6 Å². The Labute approximate surface area is 113 Å². The molecule has 1 atom stereocenters. The van der Waals surface area contributed by atoms with E-state index in [0.717, 1.165) is 38.0 Å². The van der Waals surface area contributed by atoms with Gasteiger partial charge in [0.05, 0.1) is 5.02 Å². The Morgan fingerprint density at radius 1 is 1.39 bits per heavy atom. The van der Waals surface area contributed by atoms with Crippen LogP contribution in [0.2, 0.25) is 5.02 Å². The Morgan fingerprint density at radius 2 is 2.17 bits per heavy atom. The van der Waals surface area contributed by atoms with Crippen LogP contribution in [0.25, 0.3) is 0 Å². The van der Waals surface area contributed by atoms with Crippen LogP contribution in [0.15, 0.2) is 18.2 Å². The zero-order chi connectivity index (χ0) is 13.4. The van der Waals surface area contributed by atoms with Crippen molar-refractivity contribution >= 4 is 11.6 Å². The van der Waals surface area contributed by atoms with Crippen molar-refractivity contribution in [3.63, 3.8) is 0 Å². The molecule has 0 aliphatic heterocycles. The second-order valence-corrected chi connectivity index (χ2v) is 4.75. The summed E-state index contributed by atoms with van der Waals surface area (Å²) in [6.45, 7) is 3.64. The molecule has 0 aliphatic rings. The highest BCUT2D eigenvalue weighted by atomic mass is 35.5. The number of benzene rings is 1. The number of halogens is 2. The van der Waals surface area contributed by atoms with E-state index in [9.17, 15) is 4.39 Å². The van der Waals surface area contributed by atoms with Gasteiger partial charge in [-0.05, 0) is 44.0 Å². The summed E-state index contributed by atoms with van der Waals surface area (Å²) < 4.78 is 18.5. The van der Waals surface area contributed by atoms with E-state index in [1.807, 2.05) is 7.05 Å². The lowest BCUT2D eigenvalue weighted by Gasteiger charge is -2.16. The zero-order valence-corrected chi connectivity index (χ0v) is 11.8. The van der Waals surface area contributed by atoms with Crippen LogP contribution in [0.5, 0.6) is 0 Å². The Kier molecular flexibility index (Phi) is 7.25. The number of rotatable bonds is 8. The predicted octanol–water partition coefficient (Wildman–Crippen LogP) is 3.43. The van der Waals surface area contributed by atoms with E-state index >= 15 is 0 Å². The first-order valence-electron chi connectivity index (χ1n) is 6.36. The first kappa shape index (κ1) is 15.4. The third-order valence-corrected chi connectivity index (χ3v) is 3.12. The van der Waals surface area contributed by atoms with Crippen molar-refractivity contribution in [3.05, 3.63) is 34.6 Å². The number of hydrogen-bond acceptors (Lipinski definition) is 2. The second-order valence-electron chi connectivity index (χ2n) is 4.34. The van der Waals surface area contributed by atoms with Gasteiger partial charge in [0, 0.05) is 19.3 Å². The lowest BCUT2D eigenvalue weighted by atomic mass is 10.0. The van der Waals surface area contributed by atoms with Crippen LogP contribution in [0.3, 0.4) is 0 Å². The molecule has 0 spiro atoms. The van der Waals surface area contributed by atoms with Gasteiger partial charge in [0.15, 0.2) is 0 Å². The van der Waals surface area contributed by atoms with Crippen LogP contribution in [-0.2, 0) is 11.2 Å². The molecule has 18 heavy (non-hydrogen) atoms. The molecule has 1 unspecified atom stereocenters. The Balaban J connectivity index is 2.44. The fraction of sp³-hybridized carbons (Fsp3) is 0.571. The van der Waals surface area contributed by atoms with Crippen molar-refractivity contribution in [1.82, 2.24) is 5.32 Å². The SMILES string of the molecule is CCCOCCC(Cc1ccc(F)c(Cl)c1)NC. The smallest absolute Gasteiger partial charge is 0.141 e. The van der Waals surface area contributed by atoms with E-state index < -0.39 is 0 Å². The summed E-state index contributed by atoms with van der Waals surface area (Å²) in [7, 11) is 1.93. The molecule has 1 aromatic carbocycles. The molecule has 0 saturated heterocycles. The van der Waals surface area contributed by atoms with Crippen LogP contribution in [0, 0.1) is 5.82 Å². The van der Waals surface area contributed by atoms with Gasteiger partial charge in [-0.15, -0.1) is 0 Å². The molecule has 0 aliphatic carbocycles. The summed E-state index contributed by atoms with van der Waals surface area (Å²) in [5.41, 5.74) is 1.04. The van der Waals surface area contributed by atoms with Gasteiger partial charge >= 0.3 is 0 Å². The van der Waals surface area contributed by atoms with Crippen molar-refractivity contribution in [1.29, 1.82) is 0 Å². The highest BCUT2D eigenvalue weighted by Crippen LogP contribution is 2.17. The van der Waals surface area contributed by atoms with Gasteiger partial charge < -0.3 is 10.1 Å². The van der Waals surface area contributed by atoms with Crippen molar-refractivity contribution in [2.75, 3.05) is 20.3 Å². The van der Waals surface area contributed by atoms with Crippen LogP contribution < -0.4 is 5.32 Å². The highest BCUT2D eigenvalue weighted by molar-refractivity contribution is 6.30. The van der Waals surface area contributed by atoms with Gasteiger partial charge in [0.25, 0.3) is 0 Å². The van der Waals surface area contributed by atoms with Crippen LogP contribution in [0.1, 0.15) is 25.3 Å². The Bertz CT molecular complexity index is 360. The molecule has 102 valence electrons. The Hall–Kier alpha value is -0.640. The third kappa shape index (κ3) is 5.34. The highest BCUT2D eigenvalue weighted by Gasteiger charge is 2.09. The zero-order valence-electron chi connectivity index (χ0n) is 11.0. The maximum atomic E-state index is 13.0. The van der Waals surface area contributed by atoms with Crippen molar-refractivity contribution in [2.24, 2.45) is 0 Å². The molecular formula is C14H21ClFNO. The van der Waals surface area contributed by atoms with Gasteiger partial charge in [0.2, 0.25) is 0 Å². The monoisotopic (exact) mass is 273 g/mol. The summed E-state index contributed by atoms with van der Waals surface area (Å²) >= 11 is 5.77. The van der Waals surface area contributed by atoms with Crippen molar-refractivity contribution < 1.29 is 9.13 Å². The fourth-order valence-electron chi connectivity index (χ4n) is 1.77. The molecule has 0 radical (unpaired) electrons. The van der Waals surface area contributed by atoms with Crippen molar-refractivity contribution in [3.8, 4) is 0 Å². The molecular weight excluding hydrogens is 253 g/mol. The van der Waals surface area contributed by atoms with E-state index in [1.54, 1.807) is 12.1 Å². The van der Waals surface area contributed by atoms with E-state index in [4.69, 9.17) is 16.3 Å². The van der Waals surface area contributed by atoms with Gasteiger partial charge in [-0.2, -0.15) is 0 Å². The summed E-state index contributed by atoms with van der Waals surface area (Å²) in [6, 6.07) is 5.20. The molecule has 2 nitrogen and oxygen atoms in total. The van der Waals surface area contributed by atoms with E-state index in [1.165, 1.54) is 6.07 Å². The minimum Gasteiger partial charge on any atom is -0.381 e. The van der Waals surface area contributed by atoms with Gasteiger partial charge in [-0.25, -0.2) is 4.39 Å². The molecule has 1 rings (SSSR count). The van der Waals surface area contributed by atoms with Gasteiger partial charge in [0.1, 0.15) is 5.82 Å². The van der Waals surface area contributed by atoms with Gasteiger partial charge in [-0.3, -0.25) is 0 Å². The van der Waals surface area contributed by atoms with E-state index in [0.29, 0.717) is 6.04 Å². The predicted molar refractivity (Wildman–Crippen MR) is 73.7 cm³/mol. The minimum absolute atomic E-state index is 0.185. The first-order chi connectivity index (χ1) is 8.67. The van der Waals surface area contributed by atoms with E-state index in [2.05, 4.69) is 12.2 Å². The molecule has 0 fully saturated rings. The number of ether oxygens (including phenoxy) is 1. The lowest BCUT2D eigenvalue weighted by Crippen LogP contribution is -2.29. The van der Waals surface area contributed by atoms with Crippen LogP contribution in [-0.4, -0.2) is 26.3 Å². The summed E-state index contributed by atoms with van der Waals surface area (Å²) in [5, 5.41) is 3.43. The number of nitrogens with one attached hydrogen (secondary N) is 1. The minimum atomic E-state index is -0.368. The van der Waals surface area contributed by atoms with Crippen LogP contribution in [0.4, 0.5) is 4.39 Å². The number of likely N-dealkylation sites (N-methyl/N-ethyl adjacent to an activating group) is 1. The normalized spacial score (nSPS) is 12.7. The lowest BCUT2D eigenvalue weighted by molar-refractivity contribution is 0.125. The molecule has 0 amide bonds. The van der Waals surface area contributed by atoms with E-state index in [-0.39, 0.29) is 10.8 Å². The summed E-state index contributed by atoms with van der Waals surface area (Å²) in [6.07, 6.45) is 2.80. The molecule has 0 saturated carbocycles. The summed E-state index contributed by atoms with van der Waals surface area (Å²) in [4.78, 5) is 0.